The number of nitrogens with zero attached hydrogens (tertiary/aromatic N) is 2. The summed E-state index contributed by atoms with van der Waals surface area (Å²) in [6.07, 6.45) is 3.43. The van der Waals surface area contributed by atoms with Gasteiger partial charge in [-0.05, 0) is 46.2 Å². The van der Waals surface area contributed by atoms with Crippen molar-refractivity contribution in [3.8, 4) is 0 Å². The Labute approximate surface area is 144 Å². The van der Waals surface area contributed by atoms with Gasteiger partial charge < -0.3 is 10.2 Å². The summed E-state index contributed by atoms with van der Waals surface area (Å²) >= 11 is 0. The van der Waals surface area contributed by atoms with Crippen molar-refractivity contribution in [3.05, 3.63) is 59.9 Å². The number of amides is 1. The molecule has 0 fully saturated rings. The molecule has 0 atom stereocenters. The Morgan fingerprint density at radius 3 is 2.42 bits per heavy atom. The summed E-state index contributed by atoms with van der Waals surface area (Å²) in [6, 6.07) is 12.5. The van der Waals surface area contributed by atoms with Crippen molar-refractivity contribution in [2.75, 3.05) is 4.90 Å². The zero-order valence-corrected chi connectivity index (χ0v) is 15.2. The van der Waals surface area contributed by atoms with Crippen molar-refractivity contribution < 1.29 is 4.79 Å². The summed E-state index contributed by atoms with van der Waals surface area (Å²) in [5.41, 5.74) is 2.50. The molecule has 2 rings (SSSR count). The predicted octanol–water partition coefficient (Wildman–Crippen LogP) is 4.02. The second-order valence-corrected chi connectivity index (χ2v) is 7.34. The fourth-order valence-corrected chi connectivity index (χ4v) is 2.47. The van der Waals surface area contributed by atoms with E-state index in [-0.39, 0.29) is 11.4 Å². The van der Waals surface area contributed by atoms with E-state index in [0.29, 0.717) is 11.6 Å². The van der Waals surface area contributed by atoms with Gasteiger partial charge in [0.25, 0.3) is 5.91 Å². The molecule has 0 bridgehead atoms. The molecule has 0 aliphatic heterocycles. The van der Waals surface area contributed by atoms with Gasteiger partial charge in [0.05, 0.1) is 17.4 Å². The molecule has 0 saturated heterocycles. The normalized spacial score (nSPS) is 11.4. The van der Waals surface area contributed by atoms with Gasteiger partial charge in [-0.15, -0.1) is 0 Å². The van der Waals surface area contributed by atoms with Crippen LogP contribution in [0.3, 0.4) is 0 Å². The van der Waals surface area contributed by atoms with Gasteiger partial charge in [0.1, 0.15) is 0 Å². The highest BCUT2D eigenvalue weighted by molar-refractivity contribution is 5.95. The van der Waals surface area contributed by atoms with Crippen LogP contribution in [-0.2, 0) is 6.54 Å². The third-order valence-electron chi connectivity index (χ3n) is 3.63. The number of aromatic nitrogens is 1. The number of hydrogen-bond donors (Lipinski definition) is 1. The van der Waals surface area contributed by atoms with E-state index in [2.05, 4.69) is 41.2 Å². The minimum atomic E-state index is -0.269. The molecule has 1 amide bonds. The number of carbonyl (C=O) groups is 1. The first kappa shape index (κ1) is 18.0. The molecule has 0 aliphatic rings. The van der Waals surface area contributed by atoms with Crippen LogP contribution in [0, 0.1) is 0 Å². The maximum absolute atomic E-state index is 12.4. The average molecular weight is 325 g/mol. The highest BCUT2D eigenvalue weighted by atomic mass is 16.1. The molecule has 1 aromatic carbocycles. The molecule has 0 aliphatic carbocycles. The minimum Gasteiger partial charge on any atom is -0.364 e. The van der Waals surface area contributed by atoms with Gasteiger partial charge in [-0.1, -0.05) is 30.3 Å². The first-order valence-corrected chi connectivity index (χ1v) is 8.34. The molecule has 1 heterocycles. The maximum atomic E-state index is 12.4. The Balaban J connectivity index is 2.25. The van der Waals surface area contributed by atoms with E-state index in [0.717, 1.165) is 12.2 Å². The smallest absolute Gasteiger partial charge is 0.253 e. The summed E-state index contributed by atoms with van der Waals surface area (Å²) < 4.78 is 0. The molecule has 1 N–H and O–H groups in total. The van der Waals surface area contributed by atoms with Crippen LogP contribution in [0.2, 0.25) is 0 Å². The number of nitrogens with one attached hydrogen (secondary N) is 1. The Kier molecular flexibility index (Phi) is 5.60. The van der Waals surface area contributed by atoms with Gasteiger partial charge in [-0.3, -0.25) is 9.78 Å². The van der Waals surface area contributed by atoms with Gasteiger partial charge >= 0.3 is 0 Å². The van der Waals surface area contributed by atoms with Crippen molar-refractivity contribution in [2.24, 2.45) is 0 Å². The highest BCUT2D eigenvalue weighted by Gasteiger charge is 2.18. The van der Waals surface area contributed by atoms with Crippen LogP contribution in [-0.4, -0.2) is 22.5 Å². The van der Waals surface area contributed by atoms with Gasteiger partial charge in [0.2, 0.25) is 0 Å². The highest BCUT2D eigenvalue weighted by Crippen LogP contribution is 2.20. The zero-order chi connectivity index (χ0) is 17.7. The van der Waals surface area contributed by atoms with Crippen molar-refractivity contribution in [2.45, 2.75) is 52.7 Å². The molecule has 0 spiro atoms. The summed E-state index contributed by atoms with van der Waals surface area (Å²) in [4.78, 5) is 18.9. The lowest BCUT2D eigenvalue weighted by atomic mass is 10.1. The van der Waals surface area contributed by atoms with Crippen LogP contribution in [0.15, 0.2) is 48.8 Å². The lowest BCUT2D eigenvalue weighted by Gasteiger charge is -2.29. The van der Waals surface area contributed by atoms with Crippen LogP contribution in [0.4, 0.5) is 5.69 Å². The lowest BCUT2D eigenvalue weighted by Crippen LogP contribution is -2.40. The first-order chi connectivity index (χ1) is 11.3. The summed E-state index contributed by atoms with van der Waals surface area (Å²) in [5.74, 6) is -0.0970. The van der Waals surface area contributed by atoms with Crippen molar-refractivity contribution in [1.82, 2.24) is 10.3 Å². The zero-order valence-electron chi connectivity index (χ0n) is 15.2. The first-order valence-electron chi connectivity index (χ1n) is 8.34. The predicted molar refractivity (Wildman–Crippen MR) is 99.2 cm³/mol. The van der Waals surface area contributed by atoms with E-state index in [1.165, 1.54) is 5.56 Å². The maximum Gasteiger partial charge on any atom is 0.253 e. The van der Waals surface area contributed by atoms with Crippen molar-refractivity contribution >= 4 is 11.6 Å². The van der Waals surface area contributed by atoms with E-state index in [1.807, 2.05) is 51.2 Å². The van der Waals surface area contributed by atoms with Gasteiger partial charge in [0.15, 0.2) is 0 Å². The summed E-state index contributed by atoms with van der Waals surface area (Å²) in [7, 11) is 0. The molecule has 24 heavy (non-hydrogen) atoms. The second kappa shape index (κ2) is 7.47. The Bertz CT molecular complexity index is 675. The van der Waals surface area contributed by atoms with Crippen LogP contribution >= 0.6 is 0 Å². The van der Waals surface area contributed by atoms with Crippen molar-refractivity contribution in [3.63, 3.8) is 0 Å². The Morgan fingerprint density at radius 2 is 1.83 bits per heavy atom. The van der Waals surface area contributed by atoms with Gasteiger partial charge in [-0.2, -0.15) is 0 Å². The Morgan fingerprint density at radius 1 is 1.17 bits per heavy atom. The van der Waals surface area contributed by atoms with Crippen LogP contribution in [0.1, 0.15) is 50.5 Å². The standard InChI is InChI=1S/C20H27N3O/c1-15(2)23(14-16-9-7-6-8-10-16)18-11-17(12-21-13-18)19(24)22-20(3,4)5/h6-13,15H,14H2,1-5H3,(H,22,24). The molecule has 1 aromatic heterocycles. The molecule has 4 heteroatoms. The quantitative estimate of drug-likeness (QED) is 0.903. The third-order valence-corrected chi connectivity index (χ3v) is 3.63. The Hall–Kier alpha value is -2.36. The number of hydrogen-bond acceptors (Lipinski definition) is 3. The molecule has 4 nitrogen and oxygen atoms in total. The number of benzene rings is 1. The summed E-state index contributed by atoms with van der Waals surface area (Å²) in [5, 5.41) is 2.98. The molecule has 0 radical (unpaired) electrons. The van der Waals surface area contributed by atoms with E-state index in [9.17, 15) is 4.79 Å². The number of anilines is 1. The average Bonchev–Trinajstić information content (AvgIpc) is 2.52. The molecular weight excluding hydrogens is 298 g/mol. The van der Waals surface area contributed by atoms with E-state index in [4.69, 9.17) is 0 Å². The van der Waals surface area contributed by atoms with Crippen molar-refractivity contribution in [1.29, 1.82) is 0 Å². The largest absolute Gasteiger partial charge is 0.364 e. The van der Waals surface area contributed by atoms with E-state index in [1.54, 1.807) is 6.20 Å². The molecule has 0 unspecified atom stereocenters. The monoisotopic (exact) mass is 325 g/mol. The fraction of sp³-hybridized carbons (Fsp3) is 0.400. The second-order valence-electron chi connectivity index (χ2n) is 7.34. The lowest BCUT2D eigenvalue weighted by molar-refractivity contribution is 0.0919. The minimum absolute atomic E-state index is 0.0970. The molecule has 0 saturated carbocycles. The molecule has 128 valence electrons. The summed E-state index contributed by atoms with van der Waals surface area (Å²) in [6.45, 7) is 11.0. The fourth-order valence-electron chi connectivity index (χ4n) is 2.47. The van der Waals surface area contributed by atoms with Crippen LogP contribution in [0.5, 0.6) is 0 Å². The number of pyridine rings is 1. The molecular formula is C20H27N3O. The number of carbonyl (C=O) groups excluding carboxylic acids is 1. The third kappa shape index (κ3) is 5.08. The molecule has 2 aromatic rings. The topological polar surface area (TPSA) is 45.2 Å². The SMILES string of the molecule is CC(C)N(Cc1ccccc1)c1cncc(C(=O)NC(C)(C)C)c1. The van der Waals surface area contributed by atoms with Gasteiger partial charge in [-0.25, -0.2) is 0 Å². The van der Waals surface area contributed by atoms with Crippen LogP contribution < -0.4 is 10.2 Å². The van der Waals surface area contributed by atoms with Gasteiger partial charge in [0, 0.05) is 24.3 Å². The van der Waals surface area contributed by atoms with E-state index >= 15 is 0 Å². The number of rotatable bonds is 5. The van der Waals surface area contributed by atoms with E-state index < -0.39 is 0 Å². The van der Waals surface area contributed by atoms with Crippen LogP contribution in [0.25, 0.3) is 0 Å².